The molecule has 2 aromatic rings. The van der Waals surface area contributed by atoms with Crippen molar-refractivity contribution in [3.8, 4) is 11.3 Å². The van der Waals surface area contributed by atoms with Gasteiger partial charge in [-0.25, -0.2) is 18.4 Å². The second kappa shape index (κ2) is 6.71. The third-order valence-electron chi connectivity index (χ3n) is 3.01. The predicted molar refractivity (Wildman–Crippen MR) is 85.2 cm³/mol. The molecule has 0 amide bonds. The van der Waals surface area contributed by atoms with Crippen LogP contribution >= 0.6 is 0 Å². The zero-order valence-corrected chi connectivity index (χ0v) is 13.0. The summed E-state index contributed by atoms with van der Waals surface area (Å²) in [5.41, 5.74) is 7.08. The van der Waals surface area contributed by atoms with E-state index in [0.717, 1.165) is 11.8 Å². The fourth-order valence-corrected chi connectivity index (χ4v) is 2.46. The van der Waals surface area contributed by atoms with Gasteiger partial charge in [-0.15, -0.1) is 0 Å². The van der Waals surface area contributed by atoms with Gasteiger partial charge in [0.1, 0.15) is 0 Å². The molecule has 0 spiro atoms. The average Bonchev–Trinajstić information content (AvgIpc) is 2.49. The molecule has 0 saturated heterocycles. The molecule has 7 nitrogen and oxygen atoms in total. The number of hydrogen-bond acceptors (Lipinski definition) is 7. The van der Waals surface area contributed by atoms with Crippen LogP contribution < -0.4 is 11.1 Å². The monoisotopic (exact) mass is 322 g/mol. The molecule has 0 unspecified atom stereocenters. The van der Waals surface area contributed by atoms with Crippen LogP contribution in [0.15, 0.2) is 35.4 Å². The Morgan fingerprint density at radius 3 is 2.55 bits per heavy atom. The molecule has 0 aliphatic carbocycles. The second-order valence-corrected chi connectivity index (χ2v) is 6.81. The van der Waals surface area contributed by atoms with E-state index in [2.05, 4.69) is 15.3 Å². The maximum Gasteiger partial charge on any atom is 0.175 e. The number of rotatable bonds is 6. The average molecular weight is 322 g/mol. The van der Waals surface area contributed by atoms with E-state index in [1.165, 1.54) is 18.3 Å². The van der Waals surface area contributed by atoms with E-state index in [0.29, 0.717) is 24.5 Å². The van der Waals surface area contributed by atoms with Crippen LogP contribution in [0.4, 0.5) is 11.6 Å². The lowest BCUT2D eigenvalue weighted by Gasteiger charge is -2.09. The van der Waals surface area contributed by atoms with Gasteiger partial charge in [0.25, 0.3) is 0 Å². The first-order chi connectivity index (χ1) is 10.4. The van der Waals surface area contributed by atoms with Crippen LogP contribution in [0.3, 0.4) is 0 Å². The van der Waals surface area contributed by atoms with Crippen molar-refractivity contribution in [3.63, 3.8) is 0 Å². The lowest BCUT2D eigenvalue weighted by molar-refractivity contribution is 0.292. The normalized spacial score (nSPS) is 11.4. The van der Waals surface area contributed by atoms with Gasteiger partial charge in [0.05, 0.1) is 16.8 Å². The molecule has 2 rings (SSSR count). The Labute approximate surface area is 129 Å². The van der Waals surface area contributed by atoms with Crippen LogP contribution in [-0.2, 0) is 9.84 Å². The second-order valence-electron chi connectivity index (χ2n) is 4.79. The molecule has 0 atom stereocenters. The van der Waals surface area contributed by atoms with Gasteiger partial charge in [-0.3, -0.25) is 0 Å². The van der Waals surface area contributed by atoms with Crippen LogP contribution in [0.2, 0.25) is 0 Å². The van der Waals surface area contributed by atoms with Crippen molar-refractivity contribution in [3.05, 3.63) is 30.5 Å². The van der Waals surface area contributed by atoms with Gasteiger partial charge >= 0.3 is 0 Å². The van der Waals surface area contributed by atoms with E-state index in [1.807, 2.05) is 0 Å². The van der Waals surface area contributed by atoms with Crippen molar-refractivity contribution in [2.45, 2.75) is 11.3 Å². The van der Waals surface area contributed by atoms with Crippen molar-refractivity contribution in [1.29, 1.82) is 0 Å². The van der Waals surface area contributed by atoms with Crippen LogP contribution in [0.5, 0.6) is 0 Å². The highest BCUT2D eigenvalue weighted by atomic mass is 32.2. The van der Waals surface area contributed by atoms with Gasteiger partial charge in [0.2, 0.25) is 0 Å². The Hall–Kier alpha value is -2.19. The fourth-order valence-electron chi connectivity index (χ4n) is 1.83. The number of nitrogens with two attached hydrogens (primary N) is 1. The summed E-state index contributed by atoms with van der Waals surface area (Å²) in [5.74, 6) is 0.715. The Morgan fingerprint density at radius 1 is 1.27 bits per heavy atom. The van der Waals surface area contributed by atoms with E-state index < -0.39 is 9.84 Å². The molecule has 0 saturated carbocycles. The van der Waals surface area contributed by atoms with Crippen molar-refractivity contribution in [1.82, 2.24) is 9.97 Å². The first kappa shape index (κ1) is 16.2. The Bertz CT molecular complexity index is 745. The number of aromatic nitrogens is 2. The molecule has 0 aliphatic rings. The Morgan fingerprint density at radius 2 is 1.95 bits per heavy atom. The van der Waals surface area contributed by atoms with Gasteiger partial charge in [0.15, 0.2) is 21.5 Å². The topological polar surface area (TPSA) is 118 Å². The highest BCUT2D eigenvalue weighted by molar-refractivity contribution is 7.90. The van der Waals surface area contributed by atoms with Crippen molar-refractivity contribution < 1.29 is 13.5 Å². The van der Waals surface area contributed by atoms with Crippen molar-refractivity contribution in [2.24, 2.45) is 0 Å². The number of nitrogen functional groups attached to an aromatic ring is 1. The SMILES string of the molecule is CS(=O)(=O)c1ccc(-c2cnc(N)c(NCCCO)n2)cc1. The summed E-state index contributed by atoms with van der Waals surface area (Å²) in [6.45, 7) is 0.610. The van der Waals surface area contributed by atoms with E-state index in [9.17, 15) is 8.42 Å². The standard InChI is InChI=1S/C14H18N4O3S/c1-22(20,21)11-5-3-10(4-6-11)12-9-17-13(15)14(18-12)16-7-2-8-19/h3-6,9,19H,2,7-8H2,1H3,(H2,15,17)(H,16,18). The highest BCUT2D eigenvalue weighted by Crippen LogP contribution is 2.22. The largest absolute Gasteiger partial charge is 0.396 e. The van der Waals surface area contributed by atoms with Gasteiger partial charge in [-0.05, 0) is 18.6 Å². The van der Waals surface area contributed by atoms with Crippen molar-refractivity contribution in [2.75, 3.05) is 30.5 Å². The number of anilines is 2. The van der Waals surface area contributed by atoms with Gasteiger partial charge < -0.3 is 16.2 Å². The lowest BCUT2D eigenvalue weighted by atomic mass is 10.2. The lowest BCUT2D eigenvalue weighted by Crippen LogP contribution is -2.09. The molecule has 0 aliphatic heterocycles. The molecule has 118 valence electrons. The summed E-state index contributed by atoms with van der Waals surface area (Å²) in [6, 6.07) is 6.41. The van der Waals surface area contributed by atoms with Crippen LogP contribution in [0.1, 0.15) is 6.42 Å². The summed E-state index contributed by atoms with van der Waals surface area (Å²) >= 11 is 0. The van der Waals surface area contributed by atoms with Crippen LogP contribution in [-0.4, -0.2) is 42.9 Å². The molecular formula is C14H18N4O3S. The predicted octanol–water partition coefficient (Wildman–Crippen LogP) is 0.924. The molecule has 1 aromatic carbocycles. The summed E-state index contributed by atoms with van der Waals surface area (Å²) in [7, 11) is -3.22. The molecule has 22 heavy (non-hydrogen) atoms. The maximum absolute atomic E-state index is 11.5. The van der Waals surface area contributed by atoms with Crippen LogP contribution in [0.25, 0.3) is 11.3 Å². The minimum atomic E-state index is -3.22. The third kappa shape index (κ3) is 3.92. The molecule has 0 bridgehead atoms. The number of nitrogens with one attached hydrogen (secondary N) is 1. The summed E-state index contributed by atoms with van der Waals surface area (Å²) in [4.78, 5) is 8.70. The van der Waals surface area contributed by atoms with Crippen LogP contribution in [0, 0.1) is 0 Å². The molecule has 0 fully saturated rings. The summed E-state index contributed by atoms with van der Waals surface area (Å²) < 4.78 is 22.9. The zero-order valence-electron chi connectivity index (χ0n) is 12.2. The number of nitrogens with zero attached hydrogens (tertiary/aromatic N) is 2. The molecule has 4 N–H and O–H groups in total. The zero-order chi connectivity index (χ0) is 16.2. The molecule has 8 heteroatoms. The van der Waals surface area contributed by atoms with E-state index >= 15 is 0 Å². The Kier molecular flexibility index (Phi) is 4.94. The molecule has 1 heterocycles. The summed E-state index contributed by atoms with van der Waals surface area (Å²) in [6.07, 6.45) is 3.27. The number of sulfone groups is 1. The van der Waals surface area contributed by atoms with Gasteiger partial charge in [0, 0.05) is 25.0 Å². The summed E-state index contributed by atoms with van der Waals surface area (Å²) in [5, 5.41) is 11.8. The third-order valence-corrected chi connectivity index (χ3v) is 4.13. The number of hydrogen-bond donors (Lipinski definition) is 3. The van der Waals surface area contributed by atoms with E-state index in [4.69, 9.17) is 10.8 Å². The first-order valence-corrected chi connectivity index (χ1v) is 8.58. The number of aliphatic hydroxyl groups is 1. The molecular weight excluding hydrogens is 304 g/mol. The number of aliphatic hydroxyl groups excluding tert-OH is 1. The smallest absolute Gasteiger partial charge is 0.175 e. The fraction of sp³-hybridized carbons (Fsp3) is 0.286. The first-order valence-electron chi connectivity index (χ1n) is 6.69. The minimum Gasteiger partial charge on any atom is -0.396 e. The Balaban J connectivity index is 2.27. The minimum absolute atomic E-state index is 0.0764. The van der Waals surface area contributed by atoms with Crippen molar-refractivity contribution >= 4 is 21.5 Å². The molecule has 0 radical (unpaired) electrons. The highest BCUT2D eigenvalue weighted by Gasteiger charge is 2.09. The maximum atomic E-state index is 11.5. The number of benzene rings is 1. The van der Waals surface area contributed by atoms with Gasteiger partial charge in [-0.2, -0.15) is 0 Å². The van der Waals surface area contributed by atoms with E-state index in [-0.39, 0.29) is 17.3 Å². The molecule has 1 aromatic heterocycles. The quantitative estimate of drug-likeness (QED) is 0.677. The van der Waals surface area contributed by atoms with Gasteiger partial charge in [-0.1, -0.05) is 12.1 Å². The van der Waals surface area contributed by atoms with E-state index in [1.54, 1.807) is 12.1 Å².